The van der Waals surface area contributed by atoms with Crippen molar-refractivity contribution < 1.29 is 18.3 Å². The van der Waals surface area contributed by atoms with Gasteiger partial charge in [0.25, 0.3) is 0 Å². The summed E-state index contributed by atoms with van der Waals surface area (Å²) in [6, 6.07) is 26.9. The molecule has 0 saturated heterocycles. The van der Waals surface area contributed by atoms with E-state index in [1.54, 1.807) is 84.7 Å². The topological polar surface area (TPSA) is 87.5 Å². The second kappa shape index (κ2) is 9.29. The van der Waals surface area contributed by atoms with Gasteiger partial charge < -0.3 is 13.8 Å². The molecule has 0 fully saturated rings. The van der Waals surface area contributed by atoms with E-state index in [0.29, 0.717) is 29.0 Å². The zero-order chi connectivity index (χ0) is 23.4. The van der Waals surface area contributed by atoms with Gasteiger partial charge in [-0.25, -0.2) is 14.5 Å². The Morgan fingerprint density at radius 3 is 2.00 bits per heavy atom. The van der Waals surface area contributed by atoms with Gasteiger partial charge in [0.1, 0.15) is 23.1 Å². The first-order valence-corrected chi connectivity index (χ1v) is 12.0. The summed E-state index contributed by atoms with van der Waals surface area (Å²) < 4.78 is 33.2. The molecule has 2 heterocycles. The summed E-state index contributed by atoms with van der Waals surface area (Å²) in [6.45, 7) is 0. The third kappa shape index (κ3) is 4.44. The Bertz CT molecular complexity index is 1400. The molecule has 5 aromatic rings. The zero-order valence-corrected chi connectivity index (χ0v) is 19.1. The molecule has 8 nitrogen and oxygen atoms in total. The van der Waals surface area contributed by atoms with E-state index in [1.165, 1.54) is 0 Å². The monoisotopic (exact) mass is 472 g/mol. The Morgan fingerprint density at radius 2 is 1.41 bits per heavy atom. The van der Waals surface area contributed by atoms with Crippen molar-refractivity contribution in [2.24, 2.45) is 0 Å². The number of rotatable bonds is 8. The lowest BCUT2D eigenvalue weighted by atomic mass is 10.2. The minimum atomic E-state index is -3.98. The fourth-order valence-corrected chi connectivity index (χ4v) is 4.90. The number of benzene rings is 3. The van der Waals surface area contributed by atoms with Crippen LogP contribution in [0.5, 0.6) is 17.2 Å². The van der Waals surface area contributed by atoms with E-state index in [1.807, 2.05) is 30.3 Å². The van der Waals surface area contributed by atoms with Gasteiger partial charge in [-0.15, -0.1) is 0 Å². The minimum Gasteiger partial charge on any atom is -0.496 e. The van der Waals surface area contributed by atoms with E-state index in [-0.39, 0.29) is 0 Å². The molecule has 5 rings (SSSR count). The molecule has 170 valence electrons. The third-order valence-corrected chi connectivity index (χ3v) is 6.37. The number of anilines is 1. The molecule has 0 aliphatic heterocycles. The number of aromatic nitrogens is 3. The van der Waals surface area contributed by atoms with Crippen molar-refractivity contribution in [2.75, 3.05) is 12.2 Å². The molecule has 0 radical (unpaired) electrons. The molecule has 3 aromatic carbocycles. The smallest absolute Gasteiger partial charge is 0.496 e. The van der Waals surface area contributed by atoms with Gasteiger partial charge in [0.15, 0.2) is 0 Å². The third-order valence-electron chi connectivity index (χ3n) is 4.97. The highest BCUT2D eigenvalue weighted by molar-refractivity contribution is 7.56. The first-order chi connectivity index (χ1) is 16.6. The van der Waals surface area contributed by atoms with Crippen molar-refractivity contribution >= 4 is 24.5 Å². The van der Waals surface area contributed by atoms with Crippen LogP contribution >= 0.6 is 7.75 Å². The van der Waals surface area contributed by atoms with Crippen molar-refractivity contribution in [2.45, 2.75) is 0 Å². The number of para-hydroxylation sites is 2. The number of nitrogens with zero attached hydrogens (tertiary/aromatic N) is 3. The number of hydrogen-bond donors (Lipinski definition) is 1. The molecule has 0 aliphatic rings. The SMILES string of the molecule is COc1cccc2c1cc(NP(=O)(Oc1ccccc1)Oc1ccccc1)n2-c1ncccn1. The molecule has 0 saturated carbocycles. The fraction of sp³-hybridized carbons (Fsp3) is 0.0400. The highest BCUT2D eigenvalue weighted by Crippen LogP contribution is 2.49. The van der Waals surface area contributed by atoms with E-state index in [2.05, 4.69) is 15.1 Å². The van der Waals surface area contributed by atoms with E-state index in [4.69, 9.17) is 13.8 Å². The van der Waals surface area contributed by atoms with Gasteiger partial charge in [0, 0.05) is 17.8 Å². The lowest BCUT2D eigenvalue weighted by molar-refractivity contribution is 0.392. The quantitative estimate of drug-likeness (QED) is 0.273. The molecule has 0 aliphatic carbocycles. The summed E-state index contributed by atoms with van der Waals surface area (Å²) in [5.74, 6) is 2.24. The number of nitrogens with one attached hydrogen (secondary N) is 1. The van der Waals surface area contributed by atoms with E-state index >= 15 is 0 Å². The number of ether oxygens (including phenoxy) is 1. The highest BCUT2D eigenvalue weighted by atomic mass is 31.2. The maximum Gasteiger partial charge on any atom is 0.542 e. The van der Waals surface area contributed by atoms with Crippen molar-refractivity contribution in [1.82, 2.24) is 14.5 Å². The molecule has 0 bridgehead atoms. The van der Waals surface area contributed by atoms with Crippen LogP contribution in [0.25, 0.3) is 16.9 Å². The van der Waals surface area contributed by atoms with Gasteiger partial charge in [0.2, 0.25) is 5.95 Å². The standard InChI is InChI=1S/C25H21N4O4P/c1-31-23-15-8-14-22-21(23)18-24(29(22)25-26-16-9-17-27-25)28-34(30,32-19-10-4-2-5-11-19)33-20-12-6-3-7-13-20/h2-18H,1H3,(H,28,30). The summed E-state index contributed by atoms with van der Waals surface area (Å²) in [4.78, 5) is 8.77. The first-order valence-electron chi connectivity index (χ1n) is 10.5. The van der Waals surface area contributed by atoms with Gasteiger partial charge in [-0.2, -0.15) is 0 Å². The van der Waals surface area contributed by atoms with Crippen LogP contribution in [-0.2, 0) is 4.57 Å². The van der Waals surface area contributed by atoms with Crippen LogP contribution in [0.15, 0.2) is 103 Å². The van der Waals surface area contributed by atoms with Gasteiger partial charge in [0.05, 0.1) is 12.6 Å². The lowest BCUT2D eigenvalue weighted by Gasteiger charge is -2.21. The molecule has 0 unspecified atom stereocenters. The van der Waals surface area contributed by atoms with Crippen molar-refractivity contribution in [3.63, 3.8) is 0 Å². The fourth-order valence-electron chi connectivity index (χ4n) is 3.53. The van der Waals surface area contributed by atoms with Crippen LogP contribution in [0.2, 0.25) is 0 Å². The number of methoxy groups -OCH3 is 1. The summed E-state index contributed by atoms with van der Waals surface area (Å²) in [6.07, 6.45) is 3.28. The molecular formula is C25H21N4O4P. The highest BCUT2D eigenvalue weighted by Gasteiger charge is 2.31. The molecule has 2 aromatic heterocycles. The lowest BCUT2D eigenvalue weighted by Crippen LogP contribution is -2.13. The Morgan fingerprint density at radius 1 is 0.794 bits per heavy atom. The number of hydrogen-bond acceptors (Lipinski definition) is 6. The van der Waals surface area contributed by atoms with Crippen molar-refractivity contribution in [3.8, 4) is 23.2 Å². The minimum absolute atomic E-state index is 0.388. The van der Waals surface area contributed by atoms with E-state index in [9.17, 15) is 4.57 Å². The van der Waals surface area contributed by atoms with Crippen LogP contribution in [0.4, 0.5) is 5.82 Å². The van der Waals surface area contributed by atoms with E-state index in [0.717, 1.165) is 10.9 Å². The Balaban J connectivity index is 1.64. The normalized spacial score (nSPS) is 11.2. The zero-order valence-electron chi connectivity index (χ0n) is 18.2. The molecule has 0 atom stereocenters. The molecule has 1 N–H and O–H groups in total. The Kier molecular flexibility index (Phi) is 5.89. The largest absolute Gasteiger partial charge is 0.542 e. The maximum atomic E-state index is 14.1. The predicted octanol–water partition coefficient (Wildman–Crippen LogP) is 6.11. The summed E-state index contributed by atoms with van der Waals surface area (Å²) in [5.41, 5.74) is 0.763. The van der Waals surface area contributed by atoms with Crippen LogP contribution < -0.4 is 18.9 Å². The molecule has 34 heavy (non-hydrogen) atoms. The maximum absolute atomic E-state index is 14.1. The average Bonchev–Trinajstić information content (AvgIpc) is 3.23. The van der Waals surface area contributed by atoms with Gasteiger partial charge in [-0.3, -0.25) is 9.65 Å². The Labute approximate surface area is 196 Å². The molecule has 0 amide bonds. The van der Waals surface area contributed by atoms with Gasteiger partial charge in [-0.1, -0.05) is 42.5 Å². The average molecular weight is 472 g/mol. The molecular weight excluding hydrogens is 451 g/mol. The van der Waals surface area contributed by atoms with Crippen LogP contribution in [0.1, 0.15) is 0 Å². The van der Waals surface area contributed by atoms with Crippen molar-refractivity contribution in [3.05, 3.63) is 103 Å². The second-order valence-corrected chi connectivity index (χ2v) is 8.81. The summed E-state index contributed by atoms with van der Waals surface area (Å²) >= 11 is 0. The van der Waals surface area contributed by atoms with Crippen LogP contribution in [0, 0.1) is 0 Å². The Hall–Kier alpha value is -4.29. The van der Waals surface area contributed by atoms with Crippen LogP contribution in [0.3, 0.4) is 0 Å². The number of fused-ring (bicyclic) bond motifs is 1. The molecule has 9 heteroatoms. The first kappa shape index (κ1) is 21.6. The van der Waals surface area contributed by atoms with Crippen molar-refractivity contribution in [1.29, 1.82) is 0 Å². The van der Waals surface area contributed by atoms with Gasteiger partial charge >= 0.3 is 7.75 Å². The predicted molar refractivity (Wildman–Crippen MR) is 131 cm³/mol. The second-order valence-electron chi connectivity index (χ2n) is 7.22. The molecule has 0 spiro atoms. The summed E-state index contributed by atoms with van der Waals surface area (Å²) in [7, 11) is -2.38. The van der Waals surface area contributed by atoms with Gasteiger partial charge in [-0.05, 0) is 48.5 Å². The van der Waals surface area contributed by atoms with E-state index < -0.39 is 7.75 Å². The summed E-state index contributed by atoms with van der Waals surface area (Å²) in [5, 5.41) is 3.78. The van der Waals surface area contributed by atoms with Crippen LogP contribution in [-0.4, -0.2) is 21.6 Å².